The molecule has 1 heterocycles. The standard InChI is InChI=1S/C12H10FIN2OS/c1-6-9(15)5-11(18-6)12(17)16-10-3-2-7(13)4-8(10)14/h2-5H,15H2,1H3,(H,16,17). The van der Waals surface area contributed by atoms with E-state index in [9.17, 15) is 9.18 Å². The summed E-state index contributed by atoms with van der Waals surface area (Å²) in [5, 5.41) is 2.74. The second-order valence-corrected chi connectivity index (χ2v) is 6.12. The number of aryl methyl sites for hydroxylation is 1. The molecular weight excluding hydrogens is 366 g/mol. The van der Waals surface area contributed by atoms with Crippen LogP contribution in [0.3, 0.4) is 0 Å². The van der Waals surface area contributed by atoms with E-state index < -0.39 is 0 Å². The van der Waals surface area contributed by atoms with Crippen molar-refractivity contribution in [2.24, 2.45) is 0 Å². The maximum absolute atomic E-state index is 12.9. The second kappa shape index (κ2) is 5.23. The Morgan fingerprint density at radius 1 is 1.44 bits per heavy atom. The highest BCUT2D eigenvalue weighted by Crippen LogP contribution is 2.25. The molecule has 1 aromatic heterocycles. The quantitative estimate of drug-likeness (QED) is 0.787. The van der Waals surface area contributed by atoms with E-state index >= 15 is 0 Å². The number of rotatable bonds is 2. The molecule has 6 heteroatoms. The largest absolute Gasteiger partial charge is 0.398 e. The van der Waals surface area contributed by atoms with Gasteiger partial charge < -0.3 is 11.1 Å². The SMILES string of the molecule is Cc1sc(C(=O)Nc2ccc(F)cc2I)cc1N. The van der Waals surface area contributed by atoms with Gasteiger partial charge in [-0.1, -0.05) is 0 Å². The van der Waals surface area contributed by atoms with E-state index in [0.29, 0.717) is 19.8 Å². The molecule has 0 aliphatic heterocycles. The average molecular weight is 376 g/mol. The number of nitrogens with one attached hydrogen (secondary N) is 1. The van der Waals surface area contributed by atoms with Crippen LogP contribution in [0.1, 0.15) is 14.5 Å². The monoisotopic (exact) mass is 376 g/mol. The van der Waals surface area contributed by atoms with Gasteiger partial charge in [-0.25, -0.2) is 4.39 Å². The first kappa shape index (κ1) is 13.3. The number of hydrogen-bond donors (Lipinski definition) is 2. The Morgan fingerprint density at radius 2 is 2.17 bits per heavy atom. The molecule has 2 rings (SSSR count). The summed E-state index contributed by atoms with van der Waals surface area (Å²) >= 11 is 3.31. The highest BCUT2D eigenvalue weighted by molar-refractivity contribution is 14.1. The Morgan fingerprint density at radius 3 is 2.72 bits per heavy atom. The molecule has 1 aromatic carbocycles. The maximum Gasteiger partial charge on any atom is 0.265 e. The van der Waals surface area contributed by atoms with Crippen molar-refractivity contribution in [3.8, 4) is 0 Å². The van der Waals surface area contributed by atoms with Gasteiger partial charge in [-0.05, 0) is 53.8 Å². The molecule has 3 nitrogen and oxygen atoms in total. The van der Waals surface area contributed by atoms with Gasteiger partial charge in [0, 0.05) is 14.1 Å². The zero-order valence-electron chi connectivity index (χ0n) is 9.46. The van der Waals surface area contributed by atoms with Crippen molar-refractivity contribution in [2.75, 3.05) is 11.1 Å². The van der Waals surface area contributed by atoms with Gasteiger partial charge in [-0.15, -0.1) is 11.3 Å². The van der Waals surface area contributed by atoms with Crippen LogP contribution in [0.4, 0.5) is 15.8 Å². The number of nitrogen functional groups attached to an aromatic ring is 1. The van der Waals surface area contributed by atoms with Crippen LogP contribution in [0.15, 0.2) is 24.3 Å². The molecule has 0 bridgehead atoms. The van der Waals surface area contributed by atoms with Crippen molar-refractivity contribution >= 4 is 51.2 Å². The number of anilines is 2. The number of halogens is 2. The molecule has 2 aromatic rings. The number of thiophene rings is 1. The van der Waals surface area contributed by atoms with E-state index in [4.69, 9.17) is 5.73 Å². The first-order chi connectivity index (χ1) is 8.47. The van der Waals surface area contributed by atoms with Crippen LogP contribution in [0.5, 0.6) is 0 Å². The van der Waals surface area contributed by atoms with E-state index in [2.05, 4.69) is 5.32 Å². The average Bonchev–Trinajstić information content (AvgIpc) is 2.63. The Kier molecular flexibility index (Phi) is 3.86. The van der Waals surface area contributed by atoms with Crippen LogP contribution in [0.2, 0.25) is 0 Å². The van der Waals surface area contributed by atoms with Gasteiger partial charge in [-0.3, -0.25) is 4.79 Å². The number of amides is 1. The summed E-state index contributed by atoms with van der Waals surface area (Å²) in [7, 11) is 0. The van der Waals surface area contributed by atoms with E-state index in [1.54, 1.807) is 12.1 Å². The number of nitrogens with two attached hydrogens (primary N) is 1. The smallest absolute Gasteiger partial charge is 0.265 e. The third-order valence-corrected chi connectivity index (χ3v) is 4.32. The first-order valence-electron chi connectivity index (χ1n) is 5.09. The van der Waals surface area contributed by atoms with Gasteiger partial charge in [-0.2, -0.15) is 0 Å². The van der Waals surface area contributed by atoms with E-state index in [1.165, 1.54) is 23.5 Å². The summed E-state index contributed by atoms with van der Waals surface area (Å²) in [6, 6.07) is 5.86. The van der Waals surface area contributed by atoms with Crippen LogP contribution in [-0.4, -0.2) is 5.91 Å². The van der Waals surface area contributed by atoms with Crippen molar-refractivity contribution in [1.29, 1.82) is 0 Å². The van der Waals surface area contributed by atoms with E-state index in [0.717, 1.165) is 4.88 Å². The van der Waals surface area contributed by atoms with Crippen LogP contribution in [-0.2, 0) is 0 Å². The Balaban J connectivity index is 2.21. The molecule has 0 saturated carbocycles. The minimum atomic E-state index is -0.325. The van der Waals surface area contributed by atoms with E-state index in [1.807, 2.05) is 29.5 Å². The molecule has 0 aliphatic rings. The summed E-state index contributed by atoms with van der Waals surface area (Å²) in [6.07, 6.45) is 0. The minimum absolute atomic E-state index is 0.232. The van der Waals surface area contributed by atoms with Crippen LogP contribution in [0.25, 0.3) is 0 Å². The molecule has 0 fully saturated rings. The molecule has 18 heavy (non-hydrogen) atoms. The van der Waals surface area contributed by atoms with Gasteiger partial charge in [0.05, 0.1) is 10.6 Å². The van der Waals surface area contributed by atoms with Crippen LogP contribution in [0, 0.1) is 16.3 Å². The van der Waals surface area contributed by atoms with Crippen LogP contribution >= 0.6 is 33.9 Å². The van der Waals surface area contributed by atoms with Crippen LogP contribution < -0.4 is 11.1 Å². The number of carbonyl (C=O) groups is 1. The van der Waals surface area contributed by atoms with Crippen molar-refractivity contribution in [1.82, 2.24) is 0 Å². The van der Waals surface area contributed by atoms with Gasteiger partial charge in [0.1, 0.15) is 5.82 Å². The van der Waals surface area contributed by atoms with Crippen molar-refractivity contribution < 1.29 is 9.18 Å². The zero-order valence-corrected chi connectivity index (χ0v) is 12.4. The highest BCUT2D eigenvalue weighted by Gasteiger charge is 2.12. The van der Waals surface area contributed by atoms with Crippen molar-refractivity contribution in [3.05, 3.63) is 43.4 Å². The molecule has 0 atom stereocenters. The predicted molar refractivity (Wildman–Crippen MR) is 80.5 cm³/mol. The summed E-state index contributed by atoms with van der Waals surface area (Å²) in [5.41, 5.74) is 6.90. The third-order valence-electron chi connectivity index (χ3n) is 2.36. The summed E-state index contributed by atoms with van der Waals surface area (Å²) in [4.78, 5) is 13.4. The number of carbonyl (C=O) groups excluding carboxylic acids is 1. The lowest BCUT2D eigenvalue weighted by molar-refractivity contribution is 0.103. The van der Waals surface area contributed by atoms with Crippen molar-refractivity contribution in [2.45, 2.75) is 6.92 Å². The Bertz CT molecular complexity index is 593. The molecule has 0 spiro atoms. The lowest BCUT2D eigenvalue weighted by atomic mass is 10.3. The lowest BCUT2D eigenvalue weighted by Crippen LogP contribution is -2.11. The maximum atomic E-state index is 12.9. The second-order valence-electron chi connectivity index (χ2n) is 3.70. The van der Waals surface area contributed by atoms with Gasteiger partial charge >= 0.3 is 0 Å². The molecule has 0 aliphatic carbocycles. The fourth-order valence-electron chi connectivity index (χ4n) is 1.38. The van der Waals surface area contributed by atoms with Gasteiger partial charge in [0.25, 0.3) is 5.91 Å². The Hall–Kier alpha value is -1.15. The molecule has 3 N–H and O–H groups in total. The fraction of sp³-hybridized carbons (Fsp3) is 0.0833. The lowest BCUT2D eigenvalue weighted by Gasteiger charge is -2.05. The molecule has 0 saturated heterocycles. The highest BCUT2D eigenvalue weighted by atomic mass is 127. The van der Waals surface area contributed by atoms with Crippen molar-refractivity contribution in [3.63, 3.8) is 0 Å². The topological polar surface area (TPSA) is 55.1 Å². The first-order valence-corrected chi connectivity index (χ1v) is 6.99. The summed E-state index contributed by atoms with van der Waals surface area (Å²) in [6.45, 7) is 1.86. The third kappa shape index (κ3) is 2.81. The summed E-state index contributed by atoms with van der Waals surface area (Å²) in [5.74, 6) is -0.557. The van der Waals surface area contributed by atoms with Gasteiger partial charge in [0.15, 0.2) is 0 Å². The molecular formula is C12H10FIN2OS. The zero-order chi connectivity index (χ0) is 13.3. The summed E-state index contributed by atoms with van der Waals surface area (Å²) < 4.78 is 13.6. The molecule has 0 radical (unpaired) electrons. The van der Waals surface area contributed by atoms with Gasteiger partial charge in [0.2, 0.25) is 0 Å². The number of benzene rings is 1. The minimum Gasteiger partial charge on any atom is -0.398 e. The fourth-order valence-corrected chi connectivity index (χ4v) is 2.83. The predicted octanol–water partition coefficient (Wildman–Crippen LogP) is 3.63. The molecule has 0 unspecified atom stereocenters. The number of hydrogen-bond acceptors (Lipinski definition) is 3. The molecule has 1 amide bonds. The normalized spacial score (nSPS) is 10.4. The Labute approximate surface area is 121 Å². The van der Waals surface area contributed by atoms with E-state index in [-0.39, 0.29) is 11.7 Å². The molecule has 94 valence electrons.